The molecule has 0 aliphatic carbocycles. The molecule has 2 aliphatic heterocycles. The molecule has 1 atom stereocenters. The van der Waals surface area contributed by atoms with Crippen molar-refractivity contribution in [2.75, 3.05) is 0 Å². The lowest BCUT2D eigenvalue weighted by Crippen LogP contribution is -2.47. The largest absolute Gasteiger partial charge is 0.444 e. The molecule has 0 unspecified atom stereocenters. The first-order valence-electron chi connectivity index (χ1n) is 8.86. The van der Waals surface area contributed by atoms with Crippen LogP contribution in [0.3, 0.4) is 0 Å². The minimum Gasteiger partial charge on any atom is -0.444 e. The fourth-order valence-electron chi connectivity index (χ4n) is 3.21. The molecule has 1 saturated heterocycles. The maximum absolute atomic E-state index is 12.7. The summed E-state index contributed by atoms with van der Waals surface area (Å²) in [6.45, 7) is 5.91. The molecular weight excluding hydrogens is 370 g/mol. The normalized spacial score (nSPS) is 20.2. The van der Waals surface area contributed by atoms with Crippen molar-refractivity contribution in [2.24, 2.45) is 0 Å². The van der Waals surface area contributed by atoms with Crippen LogP contribution in [-0.2, 0) is 27.4 Å². The minimum atomic E-state index is -0.645. The van der Waals surface area contributed by atoms with Crippen molar-refractivity contribution in [3.8, 4) is 0 Å². The predicted octanol–water partition coefficient (Wildman–Crippen LogP) is 1.92. The first-order chi connectivity index (χ1) is 12.7. The fraction of sp³-hybridized carbons (Fsp3) is 0.556. The van der Waals surface area contributed by atoms with Crippen LogP contribution in [0.2, 0.25) is 0 Å². The van der Waals surface area contributed by atoms with E-state index in [2.05, 4.69) is 10.6 Å². The summed E-state index contributed by atoms with van der Waals surface area (Å²) in [7, 11) is 0. The monoisotopic (exact) mass is 393 g/mol. The molecule has 3 heterocycles. The molecule has 2 N–H and O–H groups in total. The van der Waals surface area contributed by atoms with Gasteiger partial charge in [-0.15, -0.1) is 11.3 Å². The number of carbonyl (C=O) groups excluding carboxylic acids is 4. The van der Waals surface area contributed by atoms with E-state index in [1.165, 1.54) is 16.2 Å². The molecule has 0 bridgehead atoms. The van der Waals surface area contributed by atoms with Gasteiger partial charge < -0.3 is 15.0 Å². The summed E-state index contributed by atoms with van der Waals surface area (Å²) in [4.78, 5) is 50.7. The molecule has 0 radical (unpaired) electrons. The first-order valence-corrected chi connectivity index (χ1v) is 9.74. The summed E-state index contributed by atoms with van der Waals surface area (Å²) in [6, 6.07) is -0.645. The van der Waals surface area contributed by atoms with Gasteiger partial charge in [0, 0.05) is 23.2 Å². The van der Waals surface area contributed by atoms with Gasteiger partial charge in [-0.2, -0.15) is 0 Å². The van der Waals surface area contributed by atoms with E-state index in [9.17, 15) is 19.2 Å². The van der Waals surface area contributed by atoms with Crippen molar-refractivity contribution in [2.45, 2.75) is 64.8 Å². The van der Waals surface area contributed by atoms with E-state index in [-0.39, 0.29) is 24.8 Å². The molecule has 1 fully saturated rings. The molecule has 146 valence electrons. The predicted molar refractivity (Wildman–Crippen MR) is 98.1 cm³/mol. The number of imide groups is 1. The number of alkyl carbamates (subject to hydrolysis) is 1. The highest BCUT2D eigenvalue weighted by Gasteiger charge is 2.39. The number of hydrogen-bond acceptors (Lipinski definition) is 6. The van der Waals surface area contributed by atoms with E-state index >= 15 is 0 Å². The van der Waals surface area contributed by atoms with Crippen molar-refractivity contribution in [3.63, 3.8) is 0 Å². The molecule has 1 aromatic heterocycles. The Hall–Kier alpha value is -2.42. The Morgan fingerprint density at radius 1 is 1.37 bits per heavy atom. The van der Waals surface area contributed by atoms with Gasteiger partial charge in [0.2, 0.25) is 11.8 Å². The Balaban J connectivity index is 1.68. The molecular formula is C18H23N3O5S. The number of rotatable bonds is 3. The molecule has 3 rings (SSSR count). The molecule has 0 aromatic carbocycles. The van der Waals surface area contributed by atoms with E-state index in [0.29, 0.717) is 24.9 Å². The van der Waals surface area contributed by atoms with Crippen LogP contribution in [-0.4, -0.2) is 40.4 Å². The van der Waals surface area contributed by atoms with Crippen LogP contribution in [0.1, 0.15) is 60.8 Å². The molecule has 0 saturated carbocycles. The summed E-state index contributed by atoms with van der Waals surface area (Å²) in [5.41, 5.74) is 0.798. The Labute approximate surface area is 161 Å². The van der Waals surface area contributed by atoms with Crippen molar-refractivity contribution in [1.29, 1.82) is 0 Å². The van der Waals surface area contributed by atoms with Gasteiger partial charge >= 0.3 is 6.09 Å². The van der Waals surface area contributed by atoms with Gasteiger partial charge in [0.05, 0.1) is 12.1 Å². The van der Waals surface area contributed by atoms with E-state index in [1.54, 1.807) is 26.2 Å². The summed E-state index contributed by atoms with van der Waals surface area (Å²) in [5.74, 6) is -0.932. The van der Waals surface area contributed by atoms with E-state index in [1.807, 2.05) is 0 Å². The van der Waals surface area contributed by atoms with Crippen LogP contribution in [0, 0.1) is 0 Å². The van der Waals surface area contributed by atoms with E-state index in [4.69, 9.17) is 4.74 Å². The maximum atomic E-state index is 12.7. The van der Waals surface area contributed by atoms with Crippen LogP contribution < -0.4 is 10.6 Å². The SMILES string of the molecule is CC(C)(C)OC(=O)NCc1scc2c1CN([C@H]1CCCC(=O)NC1=O)C2=O. The second-order valence-corrected chi connectivity index (χ2v) is 8.62. The lowest BCUT2D eigenvalue weighted by Gasteiger charge is -2.25. The molecule has 4 amide bonds. The Kier molecular flexibility index (Phi) is 5.23. The Morgan fingerprint density at radius 3 is 2.81 bits per heavy atom. The molecule has 27 heavy (non-hydrogen) atoms. The van der Waals surface area contributed by atoms with Gasteiger partial charge in [0.1, 0.15) is 11.6 Å². The Bertz CT molecular complexity index is 795. The summed E-state index contributed by atoms with van der Waals surface area (Å²) in [5, 5.41) is 6.80. The van der Waals surface area contributed by atoms with Crippen LogP contribution in [0.4, 0.5) is 4.79 Å². The zero-order chi connectivity index (χ0) is 19.8. The lowest BCUT2D eigenvalue weighted by atomic mass is 10.1. The zero-order valence-electron chi connectivity index (χ0n) is 15.6. The standard InChI is InChI=1S/C18H23N3O5S/c1-18(2,3)26-17(25)19-7-13-10-8-21(16(24)11(10)9-27-13)12-5-4-6-14(22)20-15(12)23/h9,12H,4-8H2,1-3H3,(H,19,25)(H,20,22,23)/t12-/m0/s1. The number of fused-ring (bicyclic) bond motifs is 1. The number of hydrogen-bond donors (Lipinski definition) is 2. The second kappa shape index (κ2) is 7.30. The number of thiophene rings is 1. The third kappa shape index (κ3) is 4.29. The number of carbonyl (C=O) groups is 4. The molecule has 2 aliphatic rings. The first kappa shape index (κ1) is 19.3. The van der Waals surface area contributed by atoms with E-state index in [0.717, 1.165) is 10.4 Å². The number of amides is 4. The fourth-order valence-corrected chi connectivity index (χ4v) is 4.18. The van der Waals surface area contributed by atoms with Crippen LogP contribution >= 0.6 is 11.3 Å². The quantitative estimate of drug-likeness (QED) is 0.764. The smallest absolute Gasteiger partial charge is 0.407 e. The zero-order valence-corrected chi connectivity index (χ0v) is 16.4. The molecule has 8 nitrogen and oxygen atoms in total. The summed E-state index contributed by atoms with van der Waals surface area (Å²) >= 11 is 1.40. The summed E-state index contributed by atoms with van der Waals surface area (Å²) in [6.07, 6.45) is 0.790. The van der Waals surface area contributed by atoms with Gasteiger partial charge in [-0.05, 0) is 39.2 Å². The van der Waals surface area contributed by atoms with Gasteiger partial charge in [0.15, 0.2) is 0 Å². The number of nitrogens with one attached hydrogen (secondary N) is 2. The minimum absolute atomic E-state index is 0.209. The molecule has 0 spiro atoms. The number of nitrogens with zero attached hydrogens (tertiary/aromatic N) is 1. The van der Waals surface area contributed by atoms with Crippen molar-refractivity contribution in [3.05, 3.63) is 21.4 Å². The topological polar surface area (TPSA) is 105 Å². The van der Waals surface area contributed by atoms with Gasteiger partial charge in [0.25, 0.3) is 5.91 Å². The summed E-state index contributed by atoms with van der Waals surface area (Å²) < 4.78 is 5.22. The third-order valence-electron chi connectivity index (χ3n) is 4.42. The second-order valence-electron chi connectivity index (χ2n) is 7.66. The van der Waals surface area contributed by atoms with Gasteiger partial charge in [-0.3, -0.25) is 19.7 Å². The van der Waals surface area contributed by atoms with Crippen molar-refractivity contribution >= 4 is 35.2 Å². The van der Waals surface area contributed by atoms with Crippen molar-refractivity contribution in [1.82, 2.24) is 15.5 Å². The Morgan fingerprint density at radius 2 is 2.11 bits per heavy atom. The lowest BCUT2D eigenvalue weighted by molar-refractivity contribution is -0.132. The van der Waals surface area contributed by atoms with Gasteiger partial charge in [-0.1, -0.05) is 0 Å². The van der Waals surface area contributed by atoms with Crippen LogP contribution in [0.25, 0.3) is 0 Å². The average Bonchev–Trinajstić information content (AvgIpc) is 3.03. The maximum Gasteiger partial charge on any atom is 0.407 e. The highest BCUT2D eigenvalue weighted by molar-refractivity contribution is 7.10. The third-order valence-corrected chi connectivity index (χ3v) is 5.44. The highest BCUT2D eigenvalue weighted by Crippen LogP contribution is 2.33. The van der Waals surface area contributed by atoms with Crippen LogP contribution in [0.5, 0.6) is 0 Å². The number of ether oxygens (including phenoxy) is 1. The molecule has 1 aromatic rings. The van der Waals surface area contributed by atoms with Gasteiger partial charge in [-0.25, -0.2) is 4.79 Å². The van der Waals surface area contributed by atoms with E-state index < -0.39 is 23.6 Å². The average molecular weight is 393 g/mol. The van der Waals surface area contributed by atoms with Crippen LogP contribution in [0.15, 0.2) is 5.38 Å². The molecule has 9 heteroatoms. The highest BCUT2D eigenvalue weighted by atomic mass is 32.1. The van der Waals surface area contributed by atoms with Crippen molar-refractivity contribution < 1.29 is 23.9 Å².